The number of anilines is 1. The third kappa shape index (κ3) is 3.89. The lowest BCUT2D eigenvalue weighted by Gasteiger charge is -2.24. The van der Waals surface area contributed by atoms with Crippen LogP contribution in [0.15, 0.2) is 78.9 Å². The SMILES string of the molecule is CCc1ccc(N2C(=O)CS(=O)(=O)[C@@H]2c2ccc(Oc3ccccc3)cc2)cc1. The van der Waals surface area contributed by atoms with Crippen LogP contribution >= 0.6 is 0 Å². The molecule has 29 heavy (non-hydrogen) atoms. The summed E-state index contributed by atoms with van der Waals surface area (Å²) < 4.78 is 31.3. The van der Waals surface area contributed by atoms with Crippen molar-refractivity contribution in [2.45, 2.75) is 18.7 Å². The predicted octanol–water partition coefficient (Wildman–Crippen LogP) is 4.50. The molecule has 0 saturated carbocycles. The number of rotatable bonds is 5. The molecule has 1 atom stereocenters. The van der Waals surface area contributed by atoms with E-state index in [-0.39, 0.29) is 0 Å². The summed E-state index contributed by atoms with van der Waals surface area (Å²) in [6.07, 6.45) is 0.874. The van der Waals surface area contributed by atoms with E-state index in [0.717, 1.165) is 12.0 Å². The van der Waals surface area contributed by atoms with Crippen LogP contribution in [-0.4, -0.2) is 20.1 Å². The molecule has 0 bridgehead atoms. The second-order valence-corrected chi connectivity index (χ2v) is 8.99. The fourth-order valence-electron chi connectivity index (χ4n) is 3.47. The second-order valence-electron chi connectivity index (χ2n) is 6.93. The van der Waals surface area contributed by atoms with Gasteiger partial charge in [-0.2, -0.15) is 0 Å². The average molecular weight is 407 g/mol. The summed E-state index contributed by atoms with van der Waals surface area (Å²) in [6.45, 7) is 2.04. The van der Waals surface area contributed by atoms with E-state index in [1.54, 1.807) is 36.4 Å². The Balaban J connectivity index is 1.65. The molecule has 4 rings (SSSR count). The topological polar surface area (TPSA) is 63.7 Å². The average Bonchev–Trinajstić information content (AvgIpc) is 2.97. The highest BCUT2D eigenvalue weighted by Gasteiger charge is 2.45. The van der Waals surface area contributed by atoms with Crippen LogP contribution in [0.3, 0.4) is 0 Å². The Morgan fingerprint density at radius 3 is 2.14 bits per heavy atom. The highest BCUT2D eigenvalue weighted by Crippen LogP contribution is 2.38. The molecule has 1 aliphatic heterocycles. The molecule has 1 heterocycles. The lowest BCUT2D eigenvalue weighted by molar-refractivity contribution is -0.115. The van der Waals surface area contributed by atoms with E-state index < -0.39 is 26.9 Å². The summed E-state index contributed by atoms with van der Waals surface area (Å²) in [7, 11) is -3.64. The smallest absolute Gasteiger partial charge is 0.243 e. The minimum Gasteiger partial charge on any atom is -0.457 e. The molecular weight excluding hydrogens is 386 g/mol. The van der Waals surface area contributed by atoms with Gasteiger partial charge in [0, 0.05) is 5.69 Å². The van der Waals surface area contributed by atoms with E-state index in [0.29, 0.717) is 22.7 Å². The van der Waals surface area contributed by atoms with Crippen LogP contribution in [0.25, 0.3) is 0 Å². The van der Waals surface area contributed by atoms with E-state index in [1.165, 1.54) is 4.90 Å². The van der Waals surface area contributed by atoms with Crippen molar-refractivity contribution < 1.29 is 17.9 Å². The number of ether oxygens (including phenoxy) is 1. The summed E-state index contributed by atoms with van der Waals surface area (Å²) in [5.41, 5.74) is 2.25. The number of para-hydroxylation sites is 1. The van der Waals surface area contributed by atoms with Crippen LogP contribution in [0.5, 0.6) is 11.5 Å². The maximum atomic E-state index is 12.8. The fourth-order valence-corrected chi connectivity index (χ4v) is 5.24. The van der Waals surface area contributed by atoms with Gasteiger partial charge in [0.1, 0.15) is 17.3 Å². The number of hydrogen-bond acceptors (Lipinski definition) is 4. The van der Waals surface area contributed by atoms with Gasteiger partial charge in [-0.3, -0.25) is 9.69 Å². The molecule has 0 aromatic heterocycles. The molecule has 0 aliphatic carbocycles. The lowest BCUT2D eigenvalue weighted by Crippen LogP contribution is -2.29. The Morgan fingerprint density at radius 1 is 0.897 bits per heavy atom. The van der Waals surface area contributed by atoms with Gasteiger partial charge in [0.2, 0.25) is 5.91 Å². The number of sulfone groups is 1. The van der Waals surface area contributed by atoms with Gasteiger partial charge in [0.15, 0.2) is 15.2 Å². The minimum absolute atomic E-state index is 0.413. The van der Waals surface area contributed by atoms with Crippen molar-refractivity contribution in [2.24, 2.45) is 0 Å². The first kappa shape index (κ1) is 19.2. The second kappa shape index (κ2) is 7.72. The van der Waals surface area contributed by atoms with Gasteiger partial charge >= 0.3 is 0 Å². The fraction of sp³-hybridized carbons (Fsp3) is 0.174. The van der Waals surface area contributed by atoms with Crippen LogP contribution in [0.2, 0.25) is 0 Å². The highest BCUT2D eigenvalue weighted by molar-refractivity contribution is 7.93. The van der Waals surface area contributed by atoms with E-state index in [2.05, 4.69) is 0 Å². The van der Waals surface area contributed by atoms with Crippen LogP contribution in [0.1, 0.15) is 23.4 Å². The number of carbonyl (C=O) groups excluding carboxylic acids is 1. The first-order chi connectivity index (χ1) is 14.0. The van der Waals surface area contributed by atoms with Gasteiger partial charge in [-0.1, -0.05) is 49.4 Å². The van der Waals surface area contributed by atoms with E-state index >= 15 is 0 Å². The molecule has 5 nitrogen and oxygen atoms in total. The van der Waals surface area contributed by atoms with Crippen molar-refractivity contribution in [3.63, 3.8) is 0 Å². The quantitative estimate of drug-likeness (QED) is 0.625. The number of amides is 1. The van der Waals surface area contributed by atoms with Gasteiger partial charge in [0.05, 0.1) is 0 Å². The molecule has 1 aliphatic rings. The first-order valence-electron chi connectivity index (χ1n) is 9.43. The van der Waals surface area contributed by atoms with Crippen molar-refractivity contribution >= 4 is 21.4 Å². The Labute approximate surface area is 170 Å². The summed E-state index contributed by atoms with van der Waals surface area (Å²) in [5.74, 6) is 0.390. The Kier molecular flexibility index (Phi) is 5.11. The molecule has 0 unspecified atom stereocenters. The standard InChI is InChI=1S/C23H21NO4S/c1-2-17-8-12-19(13-9-17)24-22(25)16-29(26,27)23(24)18-10-14-21(15-11-18)28-20-6-4-3-5-7-20/h3-15,23H,2,16H2,1H3/t23-/m1/s1. The Morgan fingerprint density at radius 2 is 1.52 bits per heavy atom. The molecule has 0 N–H and O–H groups in total. The first-order valence-corrected chi connectivity index (χ1v) is 11.1. The largest absolute Gasteiger partial charge is 0.457 e. The molecule has 148 valence electrons. The van der Waals surface area contributed by atoms with Gasteiger partial charge in [-0.05, 0) is 53.9 Å². The minimum atomic E-state index is -3.64. The van der Waals surface area contributed by atoms with E-state index in [4.69, 9.17) is 4.74 Å². The van der Waals surface area contributed by atoms with Gasteiger partial charge < -0.3 is 4.74 Å². The van der Waals surface area contributed by atoms with Crippen LogP contribution in [0.4, 0.5) is 5.69 Å². The molecular formula is C23H21NO4S. The number of nitrogens with zero attached hydrogens (tertiary/aromatic N) is 1. The van der Waals surface area contributed by atoms with Crippen molar-refractivity contribution in [3.05, 3.63) is 90.0 Å². The molecule has 0 spiro atoms. The zero-order valence-corrected chi connectivity index (χ0v) is 16.8. The maximum absolute atomic E-state index is 12.8. The van der Waals surface area contributed by atoms with Crippen molar-refractivity contribution in [1.82, 2.24) is 0 Å². The normalized spacial score (nSPS) is 18.0. The van der Waals surface area contributed by atoms with Gasteiger partial charge in [-0.25, -0.2) is 8.42 Å². The van der Waals surface area contributed by atoms with Crippen LogP contribution in [0, 0.1) is 0 Å². The Bertz CT molecular complexity index is 1110. The van der Waals surface area contributed by atoms with Gasteiger partial charge in [0.25, 0.3) is 0 Å². The monoisotopic (exact) mass is 407 g/mol. The molecule has 6 heteroatoms. The van der Waals surface area contributed by atoms with E-state index in [9.17, 15) is 13.2 Å². The molecule has 3 aromatic carbocycles. The summed E-state index contributed by atoms with van der Waals surface area (Å²) >= 11 is 0. The van der Waals surface area contributed by atoms with Crippen LogP contribution in [-0.2, 0) is 21.1 Å². The zero-order valence-electron chi connectivity index (χ0n) is 16.0. The summed E-state index contributed by atoms with van der Waals surface area (Å²) in [5, 5.41) is -1.03. The third-order valence-electron chi connectivity index (χ3n) is 4.93. The Hall–Kier alpha value is -3.12. The molecule has 1 amide bonds. The number of hydrogen-bond donors (Lipinski definition) is 0. The van der Waals surface area contributed by atoms with Crippen LogP contribution < -0.4 is 9.64 Å². The lowest BCUT2D eigenvalue weighted by atomic mass is 10.1. The molecule has 1 saturated heterocycles. The van der Waals surface area contributed by atoms with Crippen molar-refractivity contribution in [2.75, 3.05) is 10.7 Å². The predicted molar refractivity (Wildman–Crippen MR) is 113 cm³/mol. The van der Waals surface area contributed by atoms with Gasteiger partial charge in [-0.15, -0.1) is 0 Å². The number of benzene rings is 3. The van der Waals surface area contributed by atoms with Crippen molar-refractivity contribution in [1.29, 1.82) is 0 Å². The van der Waals surface area contributed by atoms with Crippen molar-refractivity contribution in [3.8, 4) is 11.5 Å². The highest BCUT2D eigenvalue weighted by atomic mass is 32.2. The number of aryl methyl sites for hydroxylation is 1. The van der Waals surface area contributed by atoms with E-state index in [1.807, 2.05) is 49.4 Å². The third-order valence-corrected chi connectivity index (χ3v) is 6.75. The molecule has 0 radical (unpaired) electrons. The summed E-state index contributed by atoms with van der Waals surface area (Å²) in [6, 6.07) is 23.6. The maximum Gasteiger partial charge on any atom is 0.243 e. The summed E-state index contributed by atoms with van der Waals surface area (Å²) in [4.78, 5) is 13.9. The number of carbonyl (C=O) groups is 1. The molecule has 1 fully saturated rings. The zero-order chi connectivity index (χ0) is 20.4. The molecule has 3 aromatic rings.